The molecule has 7 nitrogen and oxygen atoms in total. The molecule has 3 rings (SSSR count). The van der Waals surface area contributed by atoms with Crippen molar-refractivity contribution in [3.63, 3.8) is 0 Å². The van der Waals surface area contributed by atoms with Gasteiger partial charge in [-0.1, -0.05) is 12.1 Å². The van der Waals surface area contributed by atoms with Crippen LogP contribution in [0.2, 0.25) is 0 Å². The SMILES string of the molecule is COC(=O)c1ccc(NC(c2ccc(OC(F)(F)F)cc2)c2nc[nH]n2)cc1F. The van der Waals surface area contributed by atoms with Crippen LogP contribution in [0, 0.1) is 5.82 Å². The Morgan fingerprint density at radius 1 is 1.17 bits per heavy atom. The molecule has 0 amide bonds. The number of H-pyrrole nitrogens is 1. The van der Waals surface area contributed by atoms with E-state index in [4.69, 9.17) is 0 Å². The average Bonchev–Trinajstić information content (AvgIpc) is 3.19. The summed E-state index contributed by atoms with van der Waals surface area (Å²) in [5, 5.41) is 9.51. The summed E-state index contributed by atoms with van der Waals surface area (Å²) in [5.41, 5.74) is 0.554. The van der Waals surface area contributed by atoms with Gasteiger partial charge in [0.05, 0.1) is 12.7 Å². The molecule has 0 aliphatic heterocycles. The number of carbonyl (C=O) groups is 1. The van der Waals surface area contributed by atoms with Crippen LogP contribution in [0.1, 0.15) is 27.8 Å². The van der Waals surface area contributed by atoms with Gasteiger partial charge in [-0.15, -0.1) is 13.2 Å². The lowest BCUT2D eigenvalue weighted by molar-refractivity contribution is -0.274. The summed E-state index contributed by atoms with van der Waals surface area (Å²) in [6.45, 7) is 0. The Bertz CT molecular complexity index is 976. The first-order valence-corrected chi connectivity index (χ1v) is 8.12. The first-order chi connectivity index (χ1) is 13.8. The third-order valence-corrected chi connectivity index (χ3v) is 3.82. The van der Waals surface area contributed by atoms with Crippen molar-refractivity contribution in [3.05, 3.63) is 71.6 Å². The smallest absolute Gasteiger partial charge is 0.465 e. The lowest BCUT2D eigenvalue weighted by atomic mass is 10.1. The van der Waals surface area contributed by atoms with Crippen LogP contribution in [0.15, 0.2) is 48.8 Å². The van der Waals surface area contributed by atoms with Crippen molar-refractivity contribution < 1.29 is 31.8 Å². The molecule has 11 heteroatoms. The number of aromatic nitrogens is 3. The highest BCUT2D eigenvalue weighted by atomic mass is 19.4. The van der Waals surface area contributed by atoms with Gasteiger partial charge in [-0.05, 0) is 35.9 Å². The molecular formula is C18H14F4N4O3. The highest BCUT2D eigenvalue weighted by Crippen LogP contribution is 2.29. The molecule has 2 aromatic carbocycles. The second-order valence-electron chi connectivity index (χ2n) is 5.74. The summed E-state index contributed by atoms with van der Waals surface area (Å²) in [4.78, 5) is 15.6. The predicted octanol–water partition coefficient (Wildman–Crippen LogP) is 3.83. The van der Waals surface area contributed by atoms with Gasteiger partial charge in [0.25, 0.3) is 0 Å². The zero-order valence-electron chi connectivity index (χ0n) is 14.8. The summed E-state index contributed by atoms with van der Waals surface area (Å²) in [6, 6.07) is 8.16. The van der Waals surface area contributed by atoms with Gasteiger partial charge in [0.15, 0.2) is 5.82 Å². The number of halogens is 4. The van der Waals surface area contributed by atoms with E-state index < -0.39 is 24.2 Å². The first kappa shape index (κ1) is 20.1. The number of ether oxygens (including phenoxy) is 2. The Kier molecular flexibility index (Phi) is 5.66. The van der Waals surface area contributed by atoms with Crippen molar-refractivity contribution in [3.8, 4) is 5.75 Å². The van der Waals surface area contributed by atoms with Gasteiger partial charge in [-0.25, -0.2) is 14.2 Å². The van der Waals surface area contributed by atoms with Crippen molar-refractivity contribution in [2.75, 3.05) is 12.4 Å². The number of aromatic amines is 1. The maximum absolute atomic E-state index is 14.2. The van der Waals surface area contributed by atoms with Gasteiger partial charge in [0.1, 0.15) is 23.9 Å². The van der Waals surface area contributed by atoms with E-state index in [0.717, 1.165) is 25.3 Å². The first-order valence-electron chi connectivity index (χ1n) is 8.12. The summed E-state index contributed by atoms with van der Waals surface area (Å²) >= 11 is 0. The maximum atomic E-state index is 14.2. The molecule has 1 heterocycles. The van der Waals surface area contributed by atoms with Crippen LogP contribution in [0.4, 0.5) is 23.2 Å². The third kappa shape index (κ3) is 5.00. The Morgan fingerprint density at radius 3 is 2.45 bits per heavy atom. The van der Waals surface area contributed by atoms with Crippen LogP contribution in [-0.4, -0.2) is 34.6 Å². The van der Waals surface area contributed by atoms with Crippen LogP contribution in [0.25, 0.3) is 0 Å². The van der Waals surface area contributed by atoms with Crippen molar-refractivity contribution in [1.29, 1.82) is 0 Å². The Hall–Kier alpha value is -3.63. The van der Waals surface area contributed by atoms with E-state index in [-0.39, 0.29) is 17.1 Å². The lowest BCUT2D eigenvalue weighted by Crippen LogP contribution is -2.17. The van der Waals surface area contributed by atoms with Gasteiger partial charge in [-0.2, -0.15) is 5.10 Å². The molecule has 1 unspecified atom stereocenters. The van der Waals surface area contributed by atoms with E-state index in [2.05, 4.69) is 30.0 Å². The molecule has 1 atom stereocenters. The second kappa shape index (κ2) is 8.17. The monoisotopic (exact) mass is 410 g/mol. The molecule has 0 aliphatic carbocycles. The van der Waals surface area contributed by atoms with E-state index in [0.29, 0.717) is 11.3 Å². The van der Waals surface area contributed by atoms with E-state index in [1.54, 1.807) is 0 Å². The minimum atomic E-state index is -4.80. The van der Waals surface area contributed by atoms with Crippen LogP contribution in [0.3, 0.4) is 0 Å². The highest BCUT2D eigenvalue weighted by Gasteiger charge is 2.31. The number of alkyl halides is 3. The highest BCUT2D eigenvalue weighted by molar-refractivity contribution is 5.90. The van der Waals surface area contributed by atoms with E-state index in [1.807, 2.05) is 0 Å². The minimum absolute atomic E-state index is 0.235. The largest absolute Gasteiger partial charge is 0.573 e. The molecule has 3 aromatic rings. The fourth-order valence-electron chi connectivity index (χ4n) is 2.56. The molecule has 0 aliphatic rings. The van der Waals surface area contributed by atoms with Crippen molar-refractivity contribution in [2.45, 2.75) is 12.4 Å². The number of hydrogen-bond donors (Lipinski definition) is 2. The number of benzene rings is 2. The van der Waals surface area contributed by atoms with E-state index in [9.17, 15) is 22.4 Å². The van der Waals surface area contributed by atoms with Crippen LogP contribution in [-0.2, 0) is 4.74 Å². The zero-order valence-corrected chi connectivity index (χ0v) is 14.8. The molecule has 0 fully saturated rings. The van der Waals surface area contributed by atoms with Crippen LogP contribution in [0.5, 0.6) is 5.75 Å². The van der Waals surface area contributed by atoms with Crippen molar-refractivity contribution in [2.24, 2.45) is 0 Å². The zero-order chi connectivity index (χ0) is 21.0. The number of esters is 1. The van der Waals surface area contributed by atoms with Gasteiger partial charge >= 0.3 is 12.3 Å². The summed E-state index contributed by atoms with van der Waals surface area (Å²) in [7, 11) is 1.14. The Labute approximate surface area is 161 Å². The molecule has 0 bridgehead atoms. The molecule has 29 heavy (non-hydrogen) atoms. The molecule has 152 valence electrons. The number of methoxy groups -OCH3 is 1. The van der Waals surface area contributed by atoms with Gasteiger partial charge in [0.2, 0.25) is 0 Å². The second-order valence-corrected chi connectivity index (χ2v) is 5.74. The molecule has 1 aromatic heterocycles. The van der Waals surface area contributed by atoms with Gasteiger partial charge in [-0.3, -0.25) is 5.10 Å². The number of nitrogens with zero attached hydrogens (tertiary/aromatic N) is 2. The maximum Gasteiger partial charge on any atom is 0.573 e. The number of nitrogens with one attached hydrogen (secondary N) is 2. The number of rotatable bonds is 6. The summed E-state index contributed by atoms with van der Waals surface area (Å²) in [5.74, 6) is -1.74. The summed E-state index contributed by atoms with van der Waals surface area (Å²) < 4.78 is 59.6. The molecular weight excluding hydrogens is 396 g/mol. The van der Waals surface area contributed by atoms with E-state index >= 15 is 0 Å². The topological polar surface area (TPSA) is 89.1 Å². The third-order valence-electron chi connectivity index (χ3n) is 3.82. The lowest BCUT2D eigenvalue weighted by Gasteiger charge is -2.18. The molecule has 0 radical (unpaired) electrons. The molecule has 0 spiro atoms. The van der Waals surface area contributed by atoms with Gasteiger partial charge in [0, 0.05) is 5.69 Å². The molecule has 2 N–H and O–H groups in total. The average molecular weight is 410 g/mol. The molecule has 0 saturated carbocycles. The van der Waals surface area contributed by atoms with Crippen molar-refractivity contribution in [1.82, 2.24) is 15.2 Å². The fraction of sp³-hybridized carbons (Fsp3) is 0.167. The minimum Gasteiger partial charge on any atom is -0.465 e. The predicted molar refractivity (Wildman–Crippen MR) is 92.7 cm³/mol. The quantitative estimate of drug-likeness (QED) is 0.474. The Balaban J connectivity index is 1.87. The van der Waals surface area contributed by atoms with Crippen molar-refractivity contribution >= 4 is 11.7 Å². The van der Waals surface area contributed by atoms with E-state index in [1.165, 1.54) is 30.6 Å². The summed E-state index contributed by atoms with van der Waals surface area (Å²) in [6.07, 6.45) is -3.48. The number of hydrogen-bond acceptors (Lipinski definition) is 6. The van der Waals surface area contributed by atoms with Crippen LogP contribution >= 0.6 is 0 Å². The fourth-order valence-corrected chi connectivity index (χ4v) is 2.56. The van der Waals surface area contributed by atoms with Gasteiger partial charge < -0.3 is 14.8 Å². The number of carbonyl (C=O) groups excluding carboxylic acids is 1. The standard InChI is InChI=1S/C18H14F4N4O3/c1-28-17(27)13-7-4-11(8-14(13)19)25-15(16-23-9-24-26-16)10-2-5-12(6-3-10)29-18(20,21)22/h2-9,15,25H,1H3,(H,23,24,26). The number of anilines is 1. The van der Waals surface area contributed by atoms with Crippen LogP contribution < -0.4 is 10.1 Å². The normalized spacial score (nSPS) is 12.3. The Morgan fingerprint density at radius 2 is 1.90 bits per heavy atom. The molecule has 0 saturated heterocycles.